The fourth-order valence-electron chi connectivity index (χ4n) is 1.63. The zero-order valence-corrected chi connectivity index (χ0v) is 10.4. The molecule has 1 rings (SSSR count). The van der Waals surface area contributed by atoms with Crippen molar-refractivity contribution >= 4 is 0 Å². The van der Waals surface area contributed by atoms with Gasteiger partial charge in [-0.05, 0) is 31.5 Å². The molecule has 90 valence electrons. The van der Waals surface area contributed by atoms with E-state index in [0.717, 1.165) is 31.9 Å². The van der Waals surface area contributed by atoms with E-state index in [2.05, 4.69) is 24.4 Å². The Balaban J connectivity index is 2.42. The first-order valence-electron chi connectivity index (χ1n) is 5.61. The lowest BCUT2D eigenvalue weighted by Gasteiger charge is -2.10. The molecule has 1 aromatic rings. The third-order valence-electron chi connectivity index (χ3n) is 2.49. The second-order valence-corrected chi connectivity index (χ2v) is 3.81. The molecule has 0 aliphatic heterocycles. The minimum Gasteiger partial charge on any atom is -0.496 e. The number of hydrogen-bond donors (Lipinski definition) is 1. The highest BCUT2D eigenvalue weighted by Gasteiger charge is 2.02. The Morgan fingerprint density at radius 2 is 2.00 bits per heavy atom. The molecule has 0 saturated heterocycles. The van der Waals surface area contributed by atoms with Gasteiger partial charge in [0.2, 0.25) is 0 Å². The second-order valence-electron chi connectivity index (χ2n) is 3.81. The zero-order chi connectivity index (χ0) is 11.8. The van der Waals surface area contributed by atoms with E-state index in [0.29, 0.717) is 0 Å². The summed E-state index contributed by atoms with van der Waals surface area (Å²) in [5.74, 6) is 0.971. The molecule has 0 fully saturated rings. The topological polar surface area (TPSA) is 30.5 Å². The van der Waals surface area contributed by atoms with Crippen LogP contribution in [0.2, 0.25) is 0 Å². The van der Waals surface area contributed by atoms with Crippen LogP contribution in [0, 0.1) is 6.92 Å². The van der Waals surface area contributed by atoms with Gasteiger partial charge in [0.15, 0.2) is 0 Å². The number of hydrogen-bond acceptors (Lipinski definition) is 3. The predicted molar refractivity (Wildman–Crippen MR) is 66.2 cm³/mol. The van der Waals surface area contributed by atoms with Crippen molar-refractivity contribution in [1.29, 1.82) is 0 Å². The molecule has 0 spiro atoms. The smallest absolute Gasteiger partial charge is 0.122 e. The van der Waals surface area contributed by atoms with E-state index in [-0.39, 0.29) is 0 Å². The van der Waals surface area contributed by atoms with Crippen molar-refractivity contribution in [1.82, 2.24) is 5.32 Å². The van der Waals surface area contributed by atoms with E-state index in [1.807, 2.05) is 6.07 Å². The maximum absolute atomic E-state index is 5.33. The lowest BCUT2D eigenvalue weighted by atomic mass is 10.1. The number of rotatable bonds is 7. The SMILES string of the molecule is COCCNCCc1cc(C)ccc1OC. The molecule has 0 bridgehead atoms. The molecule has 0 amide bonds. The summed E-state index contributed by atoms with van der Waals surface area (Å²) in [6.45, 7) is 4.69. The summed E-state index contributed by atoms with van der Waals surface area (Å²) in [6.07, 6.45) is 0.981. The van der Waals surface area contributed by atoms with Gasteiger partial charge < -0.3 is 14.8 Å². The van der Waals surface area contributed by atoms with Crippen molar-refractivity contribution in [3.8, 4) is 5.75 Å². The van der Waals surface area contributed by atoms with Crippen LogP contribution in [-0.2, 0) is 11.2 Å². The molecular weight excluding hydrogens is 202 g/mol. The van der Waals surface area contributed by atoms with Crippen LogP contribution < -0.4 is 10.1 Å². The second kappa shape index (κ2) is 7.25. The largest absolute Gasteiger partial charge is 0.496 e. The molecule has 0 unspecified atom stereocenters. The maximum atomic E-state index is 5.33. The molecule has 0 aliphatic rings. The fraction of sp³-hybridized carbons (Fsp3) is 0.538. The lowest BCUT2D eigenvalue weighted by Crippen LogP contribution is -2.21. The molecule has 3 heteroatoms. The van der Waals surface area contributed by atoms with E-state index in [4.69, 9.17) is 9.47 Å². The van der Waals surface area contributed by atoms with E-state index in [1.54, 1.807) is 14.2 Å². The Hall–Kier alpha value is -1.06. The molecular formula is C13H21NO2. The highest BCUT2D eigenvalue weighted by molar-refractivity contribution is 5.37. The third-order valence-corrected chi connectivity index (χ3v) is 2.49. The fourth-order valence-corrected chi connectivity index (χ4v) is 1.63. The molecule has 0 heterocycles. The van der Waals surface area contributed by atoms with Crippen LogP contribution in [-0.4, -0.2) is 33.9 Å². The van der Waals surface area contributed by atoms with Crippen LogP contribution in [0.5, 0.6) is 5.75 Å². The Bertz CT molecular complexity index is 313. The summed E-state index contributed by atoms with van der Waals surface area (Å²) in [5.41, 5.74) is 2.53. The molecule has 16 heavy (non-hydrogen) atoms. The van der Waals surface area contributed by atoms with Crippen LogP contribution >= 0.6 is 0 Å². The normalized spacial score (nSPS) is 10.4. The third kappa shape index (κ3) is 4.21. The van der Waals surface area contributed by atoms with Gasteiger partial charge in [-0.15, -0.1) is 0 Å². The van der Waals surface area contributed by atoms with Crippen LogP contribution in [0.15, 0.2) is 18.2 Å². The average Bonchev–Trinajstić information content (AvgIpc) is 2.29. The molecule has 0 aromatic heterocycles. The van der Waals surface area contributed by atoms with Crippen molar-refractivity contribution in [2.75, 3.05) is 33.9 Å². The van der Waals surface area contributed by atoms with Crippen molar-refractivity contribution in [2.45, 2.75) is 13.3 Å². The molecule has 0 aliphatic carbocycles. The first kappa shape index (κ1) is 13.0. The standard InChI is InChI=1S/C13H21NO2/c1-11-4-5-13(16-3)12(10-11)6-7-14-8-9-15-2/h4-5,10,14H,6-9H2,1-3H3. The molecule has 0 atom stereocenters. The van der Waals surface area contributed by atoms with Gasteiger partial charge in [0.1, 0.15) is 5.75 Å². The van der Waals surface area contributed by atoms with E-state index in [9.17, 15) is 0 Å². The number of benzene rings is 1. The van der Waals surface area contributed by atoms with Gasteiger partial charge in [-0.2, -0.15) is 0 Å². The van der Waals surface area contributed by atoms with Gasteiger partial charge >= 0.3 is 0 Å². The number of aryl methyl sites for hydroxylation is 1. The molecule has 1 N–H and O–H groups in total. The van der Waals surface area contributed by atoms with Crippen LogP contribution in [0.1, 0.15) is 11.1 Å². The van der Waals surface area contributed by atoms with Gasteiger partial charge in [0.05, 0.1) is 13.7 Å². The Morgan fingerprint density at radius 1 is 1.19 bits per heavy atom. The van der Waals surface area contributed by atoms with Gasteiger partial charge in [0.25, 0.3) is 0 Å². The highest BCUT2D eigenvalue weighted by atomic mass is 16.5. The Morgan fingerprint density at radius 3 is 2.69 bits per heavy atom. The van der Waals surface area contributed by atoms with Gasteiger partial charge in [-0.25, -0.2) is 0 Å². The van der Waals surface area contributed by atoms with Gasteiger partial charge in [-0.1, -0.05) is 17.7 Å². The molecule has 1 aromatic carbocycles. The summed E-state index contributed by atoms with van der Waals surface area (Å²) in [6, 6.07) is 6.28. The number of methoxy groups -OCH3 is 2. The summed E-state index contributed by atoms with van der Waals surface area (Å²) in [4.78, 5) is 0. The lowest BCUT2D eigenvalue weighted by molar-refractivity contribution is 0.199. The zero-order valence-electron chi connectivity index (χ0n) is 10.4. The minimum absolute atomic E-state index is 0.755. The monoisotopic (exact) mass is 223 g/mol. The predicted octanol–water partition coefficient (Wildman–Crippen LogP) is 1.78. The quantitative estimate of drug-likeness (QED) is 0.715. The van der Waals surface area contributed by atoms with Gasteiger partial charge in [-0.3, -0.25) is 0 Å². The van der Waals surface area contributed by atoms with Crippen LogP contribution in [0.4, 0.5) is 0 Å². The van der Waals surface area contributed by atoms with Crippen LogP contribution in [0.3, 0.4) is 0 Å². The first-order valence-corrected chi connectivity index (χ1v) is 5.61. The summed E-state index contributed by atoms with van der Waals surface area (Å²) < 4.78 is 10.3. The Kier molecular flexibility index (Phi) is 5.90. The summed E-state index contributed by atoms with van der Waals surface area (Å²) in [5, 5.41) is 3.33. The molecule has 3 nitrogen and oxygen atoms in total. The number of ether oxygens (including phenoxy) is 2. The highest BCUT2D eigenvalue weighted by Crippen LogP contribution is 2.19. The van der Waals surface area contributed by atoms with Crippen molar-refractivity contribution < 1.29 is 9.47 Å². The van der Waals surface area contributed by atoms with Gasteiger partial charge in [0, 0.05) is 13.7 Å². The van der Waals surface area contributed by atoms with E-state index < -0.39 is 0 Å². The molecule has 0 saturated carbocycles. The first-order chi connectivity index (χ1) is 7.77. The summed E-state index contributed by atoms with van der Waals surface area (Å²) >= 11 is 0. The van der Waals surface area contributed by atoms with E-state index in [1.165, 1.54) is 11.1 Å². The average molecular weight is 223 g/mol. The minimum atomic E-state index is 0.755. The summed E-state index contributed by atoms with van der Waals surface area (Å²) in [7, 11) is 3.43. The van der Waals surface area contributed by atoms with Crippen molar-refractivity contribution in [3.05, 3.63) is 29.3 Å². The number of nitrogens with one attached hydrogen (secondary N) is 1. The maximum Gasteiger partial charge on any atom is 0.122 e. The van der Waals surface area contributed by atoms with Crippen molar-refractivity contribution in [2.24, 2.45) is 0 Å². The molecule has 0 radical (unpaired) electrons. The van der Waals surface area contributed by atoms with E-state index >= 15 is 0 Å². The Labute approximate surface area is 97.8 Å². The van der Waals surface area contributed by atoms with Crippen LogP contribution in [0.25, 0.3) is 0 Å². The van der Waals surface area contributed by atoms with Crippen molar-refractivity contribution in [3.63, 3.8) is 0 Å².